The summed E-state index contributed by atoms with van der Waals surface area (Å²) in [5.41, 5.74) is 5.20. The van der Waals surface area contributed by atoms with Gasteiger partial charge in [0.1, 0.15) is 30.5 Å². The number of nitrogens with zero attached hydrogens (tertiary/aromatic N) is 2. The highest BCUT2D eigenvalue weighted by Crippen LogP contribution is 2.37. The molecule has 5 rings (SSSR count). The average Bonchev–Trinajstić information content (AvgIpc) is 3.34. The number of carbonyl (C=O) groups is 1. The molecule has 38 heavy (non-hydrogen) atoms. The first kappa shape index (κ1) is 25.5. The molecule has 2 aliphatic rings. The van der Waals surface area contributed by atoms with E-state index in [2.05, 4.69) is 44.0 Å². The van der Waals surface area contributed by atoms with Crippen LogP contribution in [0, 0.1) is 12.3 Å². The molecule has 192 valence electrons. The zero-order chi connectivity index (χ0) is 26.6. The Balaban J connectivity index is 1.23. The van der Waals surface area contributed by atoms with Gasteiger partial charge in [0.25, 0.3) is 5.91 Å². The predicted octanol–water partition coefficient (Wildman–Crippen LogP) is 6.88. The van der Waals surface area contributed by atoms with Gasteiger partial charge in [0.05, 0.1) is 11.3 Å². The second-order valence-corrected chi connectivity index (χ2v) is 10.2. The first-order chi connectivity index (χ1) is 18.4. The molecule has 1 N–H and O–H groups in total. The third-order valence-electron chi connectivity index (χ3n) is 6.28. The lowest BCUT2D eigenvalue weighted by atomic mass is 10.0. The smallest absolute Gasteiger partial charge is 0.283 e. The van der Waals surface area contributed by atoms with Gasteiger partial charge in [-0.15, -0.1) is 0 Å². The Kier molecular flexibility index (Phi) is 7.47. The number of amidine groups is 2. The summed E-state index contributed by atoms with van der Waals surface area (Å²) >= 11 is 1.36. The monoisotopic (exact) mass is 523 g/mol. The number of thioether (sulfide) groups is 1. The summed E-state index contributed by atoms with van der Waals surface area (Å²) in [5.74, 6) is 1.70. The lowest BCUT2D eigenvalue weighted by Gasteiger charge is -2.26. The Morgan fingerprint density at radius 3 is 2.47 bits per heavy atom. The van der Waals surface area contributed by atoms with Crippen LogP contribution in [0.4, 0.5) is 0 Å². The van der Waals surface area contributed by atoms with E-state index in [1.54, 1.807) is 11.0 Å². The summed E-state index contributed by atoms with van der Waals surface area (Å²) in [4.78, 5) is 18.7. The molecule has 0 saturated heterocycles. The van der Waals surface area contributed by atoms with Gasteiger partial charge in [-0.05, 0) is 59.4 Å². The number of fused-ring (bicyclic) bond motifs is 1. The van der Waals surface area contributed by atoms with Gasteiger partial charge in [-0.25, -0.2) is 0 Å². The lowest BCUT2D eigenvalue weighted by Crippen LogP contribution is -2.38. The van der Waals surface area contributed by atoms with Crippen LogP contribution in [-0.2, 0) is 4.79 Å². The van der Waals surface area contributed by atoms with Gasteiger partial charge in [-0.3, -0.25) is 15.1 Å². The molecule has 0 atom stereocenters. The zero-order valence-electron chi connectivity index (χ0n) is 21.6. The first-order valence-electron chi connectivity index (χ1n) is 12.5. The van der Waals surface area contributed by atoms with E-state index >= 15 is 0 Å². The highest BCUT2D eigenvalue weighted by Gasteiger charge is 2.36. The number of nitrogens with one attached hydrogen (secondary N) is 1. The third-order valence-corrected chi connectivity index (χ3v) is 7.10. The topological polar surface area (TPSA) is 75.0 Å². The van der Waals surface area contributed by atoms with Gasteiger partial charge >= 0.3 is 0 Å². The van der Waals surface area contributed by atoms with Crippen LogP contribution >= 0.6 is 11.8 Å². The van der Waals surface area contributed by atoms with Crippen molar-refractivity contribution < 1.29 is 14.3 Å². The van der Waals surface area contributed by atoms with E-state index in [1.807, 2.05) is 60.0 Å². The molecule has 3 aromatic rings. The van der Waals surface area contributed by atoms with Crippen LogP contribution in [0.25, 0.3) is 11.8 Å². The van der Waals surface area contributed by atoms with Crippen molar-refractivity contribution in [3.8, 4) is 11.5 Å². The fraction of sp³-hybridized carbons (Fsp3) is 0.194. The molecule has 0 aliphatic carbocycles. The van der Waals surface area contributed by atoms with E-state index in [4.69, 9.17) is 14.9 Å². The highest BCUT2D eigenvalue weighted by molar-refractivity contribution is 8.17. The first-order valence-corrected chi connectivity index (χ1v) is 13.4. The van der Waals surface area contributed by atoms with E-state index in [0.29, 0.717) is 30.0 Å². The van der Waals surface area contributed by atoms with E-state index < -0.39 is 5.91 Å². The molecule has 3 aromatic carbocycles. The maximum atomic E-state index is 12.7. The number of aryl methyl sites for hydroxylation is 1. The zero-order valence-corrected chi connectivity index (χ0v) is 22.4. The molecule has 1 amide bonds. The van der Waals surface area contributed by atoms with E-state index in [0.717, 1.165) is 28.1 Å². The van der Waals surface area contributed by atoms with Gasteiger partial charge in [-0.2, -0.15) is 4.99 Å². The van der Waals surface area contributed by atoms with Crippen LogP contribution in [0.2, 0.25) is 0 Å². The predicted molar refractivity (Wildman–Crippen MR) is 155 cm³/mol. The largest absolute Gasteiger partial charge is 0.490 e. The van der Waals surface area contributed by atoms with Crippen molar-refractivity contribution in [1.82, 2.24) is 4.90 Å². The standard InChI is InChI=1S/C31H29N3O3S/c1-20(2)25-14-9-21(3)17-28(25)37-16-15-36-24-12-10-22(11-13-24)18-26-29(32)34-27(23-7-5-4-6-8-23)19-38-31(34)33-30(26)35/h4-14,17-20,32H,15-16H2,1-3H3/b26-18-,32-29?. The second kappa shape index (κ2) is 11.1. The average molecular weight is 524 g/mol. The number of benzene rings is 3. The van der Waals surface area contributed by atoms with Crippen molar-refractivity contribution in [2.45, 2.75) is 26.7 Å². The van der Waals surface area contributed by atoms with Crippen LogP contribution in [-0.4, -0.2) is 35.0 Å². The maximum absolute atomic E-state index is 12.7. The molecule has 0 saturated carbocycles. The molecule has 0 spiro atoms. The van der Waals surface area contributed by atoms with Crippen molar-refractivity contribution in [2.24, 2.45) is 4.99 Å². The Morgan fingerprint density at radius 2 is 1.74 bits per heavy atom. The Bertz CT molecular complexity index is 1460. The summed E-state index contributed by atoms with van der Waals surface area (Å²) < 4.78 is 11.9. The summed E-state index contributed by atoms with van der Waals surface area (Å²) in [6.07, 6.45) is 1.70. The molecule has 6 nitrogen and oxygen atoms in total. The van der Waals surface area contributed by atoms with Gasteiger partial charge in [0.15, 0.2) is 5.17 Å². The van der Waals surface area contributed by atoms with Crippen molar-refractivity contribution >= 4 is 40.4 Å². The van der Waals surface area contributed by atoms with E-state index in [-0.39, 0.29) is 11.4 Å². The number of aliphatic imine (C=N–C) groups is 1. The summed E-state index contributed by atoms with van der Waals surface area (Å²) in [6.45, 7) is 7.21. The Morgan fingerprint density at radius 1 is 1.00 bits per heavy atom. The van der Waals surface area contributed by atoms with Crippen LogP contribution in [0.5, 0.6) is 11.5 Å². The van der Waals surface area contributed by atoms with Crippen LogP contribution < -0.4 is 9.47 Å². The molecule has 7 heteroatoms. The molecule has 2 aliphatic heterocycles. The second-order valence-electron chi connectivity index (χ2n) is 9.39. The summed E-state index contributed by atoms with van der Waals surface area (Å²) in [5, 5.41) is 11.2. The number of hydrogen-bond donors (Lipinski definition) is 1. The minimum absolute atomic E-state index is 0.120. The van der Waals surface area contributed by atoms with Crippen LogP contribution in [0.3, 0.4) is 0 Å². The SMILES string of the molecule is Cc1ccc(C(C)C)c(OCCOc2ccc(/C=C3/C(=N)N4C(c5ccccc5)=CSC4=NC3=O)cc2)c1. The van der Waals surface area contributed by atoms with Crippen molar-refractivity contribution in [1.29, 1.82) is 5.41 Å². The molecule has 0 radical (unpaired) electrons. The van der Waals surface area contributed by atoms with Gasteiger partial charge in [-0.1, -0.05) is 80.2 Å². The molecule has 0 aromatic heterocycles. The van der Waals surface area contributed by atoms with Crippen molar-refractivity contribution in [3.63, 3.8) is 0 Å². The number of hydrogen-bond acceptors (Lipinski definition) is 5. The van der Waals surface area contributed by atoms with Gasteiger partial charge in [0, 0.05) is 5.41 Å². The molecule has 0 unspecified atom stereocenters. The number of amides is 1. The maximum Gasteiger partial charge on any atom is 0.283 e. The minimum atomic E-state index is -0.411. The van der Waals surface area contributed by atoms with Crippen molar-refractivity contribution in [3.05, 3.63) is 106 Å². The highest BCUT2D eigenvalue weighted by atomic mass is 32.2. The Labute approximate surface area is 227 Å². The Hall–Kier alpha value is -4.10. The number of rotatable bonds is 8. The minimum Gasteiger partial charge on any atom is -0.490 e. The van der Waals surface area contributed by atoms with E-state index in [9.17, 15) is 4.79 Å². The van der Waals surface area contributed by atoms with Crippen LogP contribution in [0.1, 0.15) is 42.0 Å². The lowest BCUT2D eigenvalue weighted by molar-refractivity contribution is -0.114. The quantitative estimate of drug-likeness (QED) is 0.257. The number of carbonyl (C=O) groups excluding carboxylic acids is 1. The van der Waals surface area contributed by atoms with Gasteiger partial charge < -0.3 is 9.47 Å². The third kappa shape index (κ3) is 5.43. The van der Waals surface area contributed by atoms with Crippen LogP contribution in [0.15, 0.2) is 88.8 Å². The molecule has 2 heterocycles. The molecular weight excluding hydrogens is 494 g/mol. The molecule has 0 bridgehead atoms. The summed E-state index contributed by atoms with van der Waals surface area (Å²) in [7, 11) is 0. The normalized spacial score (nSPS) is 16.0. The molecular formula is C31H29N3O3S. The number of ether oxygens (including phenoxy) is 2. The fourth-order valence-corrected chi connectivity index (χ4v) is 5.19. The van der Waals surface area contributed by atoms with Crippen molar-refractivity contribution in [2.75, 3.05) is 13.2 Å². The molecule has 0 fully saturated rings. The van der Waals surface area contributed by atoms with Gasteiger partial charge in [0.2, 0.25) is 0 Å². The fourth-order valence-electron chi connectivity index (χ4n) is 4.30. The van der Waals surface area contributed by atoms with E-state index in [1.165, 1.54) is 17.3 Å². The summed E-state index contributed by atoms with van der Waals surface area (Å²) in [6, 6.07) is 23.5.